The molecule has 15 heavy (non-hydrogen) atoms. The van der Waals surface area contributed by atoms with Gasteiger partial charge >= 0.3 is 0 Å². The Kier molecular flexibility index (Phi) is 5.53. The third-order valence-electron chi connectivity index (χ3n) is 3.07. The minimum Gasteiger partial charge on any atom is -0.395 e. The van der Waals surface area contributed by atoms with Crippen molar-refractivity contribution in [3.05, 3.63) is 0 Å². The SMILES string of the molecule is CCOC1CCCN(C(CO)C(C)N)C1. The zero-order valence-corrected chi connectivity index (χ0v) is 9.85. The van der Waals surface area contributed by atoms with Gasteiger partial charge in [0.1, 0.15) is 0 Å². The number of hydrogen-bond donors (Lipinski definition) is 2. The summed E-state index contributed by atoms with van der Waals surface area (Å²) in [6, 6.07) is 0.0867. The molecule has 0 bridgehead atoms. The molecule has 1 aliphatic rings. The highest BCUT2D eigenvalue weighted by Crippen LogP contribution is 2.16. The van der Waals surface area contributed by atoms with E-state index < -0.39 is 0 Å². The summed E-state index contributed by atoms with van der Waals surface area (Å²) in [5.74, 6) is 0. The summed E-state index contributed by atoms with van der Waals surface area (Å²) in [6.07, 6.45) is 2.58. The molecule has 3 N–H and O–H groups in total. The summed E-state index contributed by atoms with van der Waals surface area (Å²) in [7, 11) is 0. The van der Waals surface area contributed by atoms with Gasteiger partial charge in [-0.25, -0.2) is 0 Å². The predicted octanol–water partition coefficient (Wildman–Crippen LogP) is 0.195. The Labute approximate surface area is 92.4 Å². The molecule has 1 aliphatic heterocycles. The fourth-order valence-corrected chi connectivity index (χ4v) is 2.25. The average molecular weight is 216 g/mol. The fraction of sp³-hybridized carbons (Fsp3) is 1.00. The lowest BCUT2D eigenvalue weighted by Gasteiger charge is -2.38. The highest BCUT2D eigenvalue weighted by atomic mass is 16.5. The van der Waals surface area contributed by atoms with Gasteiger partial charge in [-0.2, -0.15) is 0 Å². The third-order valence-corrected chi connectivity index (χ3v) is 3.07. The van der Waals surface area contributed by atoms with Crippen LogP contribution in [0.15, 0.2) is 0 Å². The van der Waals surface area contributed by atoms with Crippen LogP contribution < -0.4 is 5.73 Å². The van der Waals surface area contributed by atoms with E-state index in [9.17, 15) is 5.11 Å². The van der Waals surface area contributed by atoms with Gasteiger partial charge in [-0.3, -0.25) is 4.90 Å². The molecule has 4 heteroatoms. The quantitative estimate of drug-likeness (QED) is 0.689. The molecule has 3 unspecified atom stereocenters. The molecule has 1 fully saturated rings. The summed E-state index contributed by atoms with van der Waals surface area (Å²) >= 11 is 0. The number of nitrogens with zero attached hydrogens (tertiary/aromatic N) is 1. The summed E-state index contributed by atoms with van der Waals surface area (Å²) in [4.78, 5) is 2.26. The van der Waals surface area contributed by atoms with Crippen LogP contribution in [0.25, 0.3) is 0 Å². The molecule has 1 saturated heterocycles. The Morgan fingerprint density at radius 2 is 2.33 bits per heavy atom. The zero-order valence-electron chi connectivity index (χ0n) is 9.85. The second-order valence-electron chi connectivity index (χ2n) is 4.32. The first-order valence-corrected chi connectivity index (χ1v) is 5.91. The normalized spacial score (nSPS) is 27.6. The van der Waals surface area contributed by atoms with Crippen molar-refractivity contribution in [2.24, 2.45) is 5.73 Å². The van der Waals surface area contributed by atoms with Crippen LogP contribution >= 0.6 is 0 Å². The van der Waals surface area contributed by atoms with Crippen LogP contribution in [0.3, 0.4) is 0 Å². The molecule has 0 radical (unpaired) electrons. The van der Waals surface area contributed by atoms with Crippen molar-refractivity contribution in [1.82, 2.24) is 4.90 Å². The van der Waals surface area contributed by atoms with Gasteiger partial charge in [0.05, 0.1) is 12.7 Å². The standard InChI is InChI=1S/C11H24N2O2/c1-3-15-10-5-4-6-13(7-10)11(8-14)9(2)12/h9-11,14H,3-8,12H2,1-2H3. The fourth-order valence-electron chi connectivity index (χ4n) is 2.25. The van der Waals surface area contributed by atoms with Crippen molar-refractivity contribution in [3.63, 3.8) is 0 Å². The van der Waals surface area contributed by atoms with E-state index in [0.717, 1.165) is 32.5 Å². The Hall–Kier alpha value is -0.160. The van der Waals surface area contributed by atoms with E-state index in [1.54, 1.807) is 0 Å². The maximum atomic E-state index is 9.30. The molecule has 0 amide bonds. The maximum Gasteiger partial charge on any atom is 0.0702 e. The van der Waals surface area contributed by atoms with E-state index in [4.69, 9.17) is 10.5 Å². The molecule has 90 valence electrons. The van der Waals surface area contributed by atoms with Crippen molar-refractivity contribution >= 4 is 0 Å². The van der Waals surface area contributed by atoms with Crippen LogP contribution in [0.4, 0.5) is 0 Å². The summed E-state index contributed by atoms with van der Waals surface area (Å²) in [5.41, 5.74) is 5.85. The number of piperidine rings is 1. The number of rotatable bonds is 5. The molecular formula is C11H24N2O2. The molecule has 1 heterocycles. The lowest BCUT2D eigenvalue weighted by Crippen LogP contribution is -2.53. The summed E-state index contributed by atoms with van der Waals surface area (Å²) in [5, 5.41) is 9.30. The molecule has 0 spiro atoms. The molecule has 0 saturated carbocycles. The summed E-state index contributed by atoms with van der Waals surface area (Å²) in [6.45, 7) is 6.80. The van der Waals surface area contributed by atoms with Crippen LogP contribution in [-0.2, 0) is 4.74 Å². The molecule has 0 aromatic carbocycles. The minimum atomic E-state index is 0.00961. The van der Waals surface area contributed by atoms with Gasteiger partial charge in [0.25, 0.3) is 0 Å². The van der Waals surface area contributed by atoms with Crippen molar-refractivity contribution in [3.8, 4) is 0 Å². The second kappa shape index (κ2) is 6.43. The number of aliphatic hydroxyl groups excluding tert-OH is 1. The van der Waals surface area contributed by atoms with Crippen LogP contribution in [0.2, 0.25) is 0 Å². The summed E-state index contributed by atoms with van der Waals surface area (Å²) < 4.78 is 5.62. The average Bonchev–Trinajstić information content (AvgIpc) is 2.19. The van der Waals surface area contributed by atoms with Crippen molar-refractivity contribution in [2.75, 3.05) is 26.3 Å². The van der Waals surface area contributed by atoms with Crippen molar-refractivity contribution in [2.45, 2.75) is 44.9 Å². The molecule has 1 rings (SSSR count). The predicted molar refractivity (Wildman–Crippen MR) is 60.7 cm³/mol. The van der Waals surface area contributed by atoms with Crippen LogP contribution in [0.5, 0.6) is 0 Å². The van der Waals surface area contributed by atoms with E-state index in [1.807, 2.05) is 13.8 Å². The smallest absolute Gasteiger partial charge is 0.0702 e. The monoisotopic (exact) mass is 216 g/mol. The Balaban J connectivity index is 2.46. The number of ether oxygens (including phenoxy) is 1. The van der Waals surface area contributed by atoms with Crippen LogP contribution in [0, 0.1) is 0 Å². The topological polar surface area (TPSA) is 58.7 Å². The largest absolute Gasteiger partial charge is 0.395 e. The Morgan fingerprint density at radius 1 is 1.60 bits per heavy atom. The lowest BCUT2D eigenvalue weighted by atomic mass is 10.0. The maximum absolute atomic E-state index is 9.30. The van der Waals surface area contributed by atoms with Gasteiger partial charge in [-0.1, -0.05) is 0 Å². The van der Waals surface area contributed by atoms with Gasteiger partial charge < -0.3 is 15.6 Å². The number of nitrogens with two attached hydrogens (primary N) is 1. The number of aliphatic hydroxyl groups is 1. The molecule has 0 aliphatic carbocycles. The Bertz CT molecular complexity index is 174. The molecule has 0 aromatic heterocycles. The molecule has 4 nitrogen and oxygen atoms in total. The van der Waals surface area contributed by atoms with E-state index >= 15 is 0 Å². The third kappa shape index (κ3) is 3.72. The molecular weight excluding hydrogens is 192 g/mol. The lowest BCUT2D eigenvalue weighted by molar-refractivity contribution is -0.0189. The Morgan fingerprint density at radius 3 is 2.87 bits per heavy atom. The first-order chi connectivity index (χ1) is 7.19. The van der Waals surface area contributed by atoms with Crippen LogP contribution in [-0.4, -0.2) is 54.5 Å². The van der Waals surface area contributed by atoms with E-state index in [2.05, 4.69) is 4.90 Å². The van der Waals surface area contributed by atoms with Gasteiger partial charge in [-0.15, -0.1) is 0 Å². The highest BCUT2D eigenvalue weighted by Gasteiger charge is 2.27. The zero-order chi connectivity index (χ0) is 11.3. The van der Waals surface area contributed by atoms with E-state index in [-0.39, 0.29) is 18.7 Å². The van der Waals surface area contributed by atoms with E-state index in [1.165, 1.54) is 0 Å². The number of hydrogen-bond acceptors (Lipinski definition) is 4. The highest BCUT2D eigenvalue weighted by molar-refractivity contribution is 4.83. The van der Waals surface area contributed by atoms with Crippen LogP contribution in [0.1, 0.15) is 26.7 Å². The molecule has 3 atom stereocenters. The second-order valence-corrected chi connectivity index (χ2v) is 4.32. The van der Waals surface area contributed by atoms with Gasteiger partial charge in [0.2, 0.25) is 0 Å². The van der Waals surface area contributed by atoms with Crippen molar-refractivity contribution < 1.29 is 9.84 Å². The van der Waals surface area contributed by atoms with Gasteiger partial charge in [0, 0.05) is 25.2 Å². The minimum absolute atomic E-state index is 0.00961. The first kappa shape index (κ1) is 12.9. The first-order valence-electron chi connectivity index (χ1n) is 5.91. The van der Waals surface area contributed by atoms with Gasteiger partial charge in [-0.05, 0) is 33.2 Å². The van der Waals surface area contributed by atoms with Gasteiger partial charge in [0.15, 0.2) is 0 Å². The van der Waals surface area contributed by atoms with Crippen molar-refractivity contribution in [1.29, 1.82) is 0 Å². The molecule has 0 aromatic rings. The van der Waals surface area contributed by atoms with E-state index in [0.29, 0.717) is 6.10 Å². The number of likely N-dealkylation sites (tertiary alicyclic amines) is 1.